The molecule has 2 heterocycles. The molecule has 0 aliphatic heterocycles. The standard InChI is InChI=1S/C18H16N2/c1-11-10-15-13(7-5-9-17(15)19-11)18-12(2)20-16-8-4-3-6-14(16)18/h3-10,19-20H,1-2H3. The van der Waals surface area contributed by atoms with E-state index < -0.39 is 0 Å². The van der Waals surface area contributed by atoms with Crippen LogP contribution >= 0.6 is 0 Å². The van der Waals surface area contributed by atoms with Gasteiger partial charge >= 0.3 is 0 Å². The van der Waals surface area contributed by atoms with Gasteiger partial charge in [0.2, 0.25) is 0 Å². The summed E-state index contributed by atoms with van der Waals surface area (Å²) in [6.07, 6.45) is 0. The van der Waals surface area contributed by atoms with Crippen LogP contribution in [0.15, 0.2) is 48.5 Å². The number of fused-ring (bicyclic) bond motifs is 2. The summed E-state index contributed by atoms with van der Waals surface area (Å²) >= 11 is 0. The number of aryl methyl sites for hydroxylation is 2. The van der Waals surface area contributed by atoms with Crippen LogP contribution in [0.4, 0.5) is 0 Å². The molecule has 2 N–H and O–H groups in total. The third-order valence-corrected chi connectivity index (χ3v) is 3.96. The fourth-order valence-electron chi connectivity index (χ4n) is 3.14. The van der Waals surface area contributed by atoms with Crippen LogP contribution in [0.25, 0.3) is 32.9 Å². The number of rotatable bonds is 1. The summed E-state index contributed by atoms with van der Waals surface area (Å²) in [6.45, 7) is 4.25. The van der Waals surface area contributed by atoms with Crippen LogP contribution in [0.3, 0.4) is 0 Å². The Hall–Kier alpha value is -2.48. The van der Waals surface area contributed by atoms with E-state index in [9.17, 15) is 0 Å². The van der Waals surface area contributed by atoms with Crippen molar-refractivity contribution in [1.29, 1.82) is 0 Å². The maximum Gasteiger partial charge on any atom is 0.0462 e. The number of nitrogens with one attached hydrogen (secondary N) is 2. The van der Waals surface area contributed by atoms with E-state index in [2.05, 4.69) is 72.3 Å². The molecule has 4 aromatic rings. The van der Waals surface area contributed by atoms with Gasteiger partial charge in [0.25, 0.3) is 0 Å². The molecule has 0 radical (unpaired) electrons. The Labute approximate surface area is 117 Å². The van der Waals surface area contributed by atoms with E-state index in [0.717, 1.165) is 0 Å². The number of H-pyrrole nitrogens is 2. The minimum absolute atomic E-state index is 1.20. The van der Waals surface area contributed by atoms with E-state index in [1.807, 2.05) is 0 Å². The van der Waals surface area contributed by atoms with Gasteiger partial charge in [-0.2, -0.15) is 0 Å². The Balaban J connectivity index is 2.13. The van der Waals surface area contributed by atoms with Gasteiger partial charge < -0.3 is 9.97 Å². The SMILES string of the molecule is Cc1cc2c(-c3c(C)[nH]c4ccccc34)cccc2[nH]1. The molecule has 2 nitrogen and oxygen atoms in total. The average Bonchev–Trinajstić information content (AvgIpc) is 2.96. The molecule has 2 heteroatoms. The lowest BCUT2D eigenvalue weighted by Gasteiger charge is -2.04. The van der Waals surface area contributed by atoms with Crippen molar-refractivity contribution in [2.75, 3.05) is 0 Å². The van der Waals surface area contributed by atoms with Gasteiger partial charge in [-0.25, -0.2) is 0 Å². The number of aromatic amines is 2. The average molecular weight is 260 g/mol. The Morgan fingerprint density at radius 2 is 1.50 bits per heavy atom. The molecule has 2 aromatic heterocycles. The lowest BCUT2D eigenvalue weighted by Crippen LogP contribution is -1.81. The zero-order valence-corrected chi connectivity index (χ0v) is 11.6. The molecule has 0 aliphatic carbocycles. The maximum absolute atomic E-state index is 3.49. The molecule has 4 rings (SSSR count). The van der Waals surface area contributed by atoms with Crippen LogP contribution in [0, 0.1) is 13.8 Å². The normalized spacial score (nSPS) is 11.5. The van der Waals surface area contributed by atoms with Crippen LogP contribution in [-0.2, 0) is 0 Å². The first-order chi connectivity index (χ1) is 9.74. The summed E-state index contributed by atoms with van der Waals surface area (Å²) in [7, 11) is 0. The van der Waals surface area contributed by atoms with E-state index in [1.54, 1.807) is 0 Å². The number of hydrogen-bond acceptors (Lipinski definition) is 0. The van der Waals surface area contributed by atoms with Crippen LogP contribution in [-0.4, -0.2) is 9.97 Å². The summed E-state index contributed by atoms with van der Waals surface area (Å²) in [5, 5.41) is 2.58. The predicted octanol–water partition coefficient (Wildman–Crippen LogP) is 4.93. The van der Waals surface area contributed by atoms with Gasteiger partial charge in [-0.05, 0) is 37.6 Å². The minimum atomic E-state index is 1.20. The highest BCUT2D eigenvalue weighted by Crippen LogP contribution is 2.36. The minimum Gasteiger partial charge on any atom is -0.359 e. The Kier molecular flexibility index (Phi) is 2.27. The monoisotopic (exact) mass is 260 g/mol. The van der Waals surface area contributed by atoms with Gasteiger partial charge in [0.15, 0.2) is 0 Å². The fourth-order valence-corrected chi connectivity index (χ4v) is 3.14. The molecular weight excluding hydrogens is 244 g/mol. The lowest BCUT2D eigenvalue weighted by atomic mass is 9.99. The first-order valence-corrected chi connectivity index (χ1v) is 6.90. The van der Waals surface area contributed by atoms with E-state index in [4.69, 9.17) is 0 Å². The largest absolute Gasteiger partial charge is 0.359 e. The van der Waals surface area contributed by atoms with Crippen LogP contribution in [0.5, 0.6) is 0 Å². The van der Waals surface area contributed by atoms with Crippen molar-refractivity contribution in [3.63, 3.8) is 0 Å². The second-order valence-electron chi connectivity index (χ2n) is 5.39. The fraction of sp³-hybridized carbons (Fsp3) is 0.111. The first-order valence-electron chi connectivity index (χ1n) is 6.90. The molecular formula is C18H16N2. The number of para-hydroxylation sites is 1. The van der Waals surface area contributed by atoms with Crippen molar-refractivity contribution in [3.8, 4) is 11.1 Å². The third kappa shape index (κ3) is 1.51. The summed E-state index contributed by atoms with van der Waals surface area (Å²) in [5.41, 5.74) is 7.42. The van der Waals surface area contributed by atoms with Crippen molar-refractivity contribution in [1.82, 2.24) is 9.97 Å². The van der Waals surface area contributed by atoms with E-state index in [0.29, 0.717) is 0 Å². The number of hydrogen-bond donors (Lipinski definition) is 2. The third-order valence-electron chi connectivity index (χ3n) is 3.96. The summed E-state index contributed by atoms with van der Waals surface area (Å²) in [5.74, 6) is 0. The maximum atomic E-state index is 3.49. The zero-order valence-electron chi connectivity index (χ0n) is 11.6. The molecule has 0 saturated heterocycles. The van der Waals surface area contributed by atoms with Gasteiger partial charge in [-0.1, -0.05) is 30.3 Å². The molecule has 0 bridgehead atoms. The van der Waals surface area contributed by atoms with Crippen molar-refractivity contribution in [3.05, 3.63) is 59.9 Å². The Morgan fingerprint density at radius 3 is 2.40 bits per heavy atom. The molecule has 0 spiro atoms. The Morgan fingerprint density at radius 1 is 0.750 bits per heavy atom. The van der Waals surface area contributed by atoms with Crippen LogP contribution in [0.2, 0.25) is 0 Å². The lowest BCUT2D eigenvalue weighted by molar-refractivity contribution is 1.30. The van der Waals surface area contributed by atoms with Crippen molar-refractivity contribution < 1.29 is 0 Å². The molecule has 0 saturated carbocycles. The molecule has 0 fully saturated rings. The number of aromatic nitrogens is 2. The van der Waals surface area contributed by atoms with E-state index in [-0.39, 0.29) is 0 Å². The summed E-state index contributed by atoms with van der Waals surface area (Å²) in [6, 6.07) is 17.2. The highest BCUT2D eigenvalue weighted by molar-refractivity contribution is 6.05. The van der Waals surface area contributed by atoms with Gasteiger partial charge in [0, 0.05) is 38.8 Å². The van der Waals surface area contributed by atoms with Crippen LogP contribution in [0.1, 0.15) is 11.4 Å². The summed E-state index contributed by atoms with van der Waals surface area (Å²) < 4.78 is 0. The van der Waals surface area contributed by atoms with Gasteiger partial charge in [-0.3, -0.25) is 0 Å². The highest BCUT2D eigenvalue weighted by Gasteiger charge is 2.13. The zero-order chi connectivity index (χ0) is 13.7. The highest BCUT2D eigenvalue weighted by atomic mass is 14.7. The smallest absolute Gasteiger partial charge is 0.0462 e. The molecule has 0 unspecified atom stereocenters. The first kappa shape index (κ1) is 11.4. The molecule has 20 heavy (non-hydrogen) atoms. The molecule has 0 aliphatic rings. The second-order valence-corrected chi connectivity index (χ2v) is 5.39. The van der Waals surface area contributed by atoms with Crippen molar-refractivity contribution in [2.24, 2.45) is 0 Å². The van der Waals surface area contributed by atoms with Crippen LogP contribution < -0.4 is 0 Å². The Bertz CT molecular complexity index is 925. The van der Waals surface area contributed by atoms with E-state index in [1.165, 1.54) is 44.3 Å². The molecule has 0 amide bonds. The molecule has 2 aromatic carbocycles. The number of benzene rings is 2. The van der Waals surface area contributed by atoms with E-state index >= 15 is 0 Å². The van der Waals surface area contributed by atoms with Crippen molar-refractivity contribution in [2.45, 2.75) is 13.8 Å². The van der Waals surface area contributed by atoms with Gasteiger partial charge in [-0.15, -0.1) is 0 Å². The van der Waals surface area contributed by atoms with Gasteiger partial charge in [0.1, 0.15) is 0 Å². The molecule has 98 valence electrons. The topological polar surface area (TPSA) is 31.6 Å². The summed E-state index contributed by atoms with van der Waals surface area (Å²) in [4.78, 5) is 6.90. The van der Waals surface area contributed by atoms with Gasteiger partial charge in [0.05, 0.1) is 0 Å². The predicted molar refractivity (Wildman–Crippen MR) is 85.1 cm³/mol. The molecule has 0 atom stereocenters. The van der Waals surface area contributed by atoms with Crippen molar-refractivity contribution >= 4 is 21.8 Å². The quantitative estimate of drug-likeness (QED) is 0.486. The second kappa shape index (κ2) is 4.01.